The molecule has 3 heterocycles. The van der Waals surface area contributed by atoms with Crippen LogP contribution in [0.1, 0.15) is 28.0 Å². The number of halogens is 3. The van der Waals surface area contributed by atoms with Gasteiger partial charge in [-0.1, -0.05) is 0 Å². The van der Waals surface area contributed by atoms with Crippen LogP contribution in [0.5, 0.6) is 5.75 Å². The number of carbonyl (C=O) groups is 1. The van der Waals surface area contributed by atoms with Crippen molar-refractivity contribution in [3.63, 3.8) is 0 Å². The van der Waals surface area contributed by atoms with E-state index in [1.165, 1.54) is 6.07 Å². The number of hydrogen-bond donors (Lipinski definition) is 0. The lowest BCUT2D eigenvalue weighted by Gasteiger charge is -2.29. The number of benzene rings is 1. The van der Waals surface area contributed by atoms with Gasteiger partial charge in [-0.05, 0) is 28.1 Å². The summed E-state index contributed by atoms with van der Waals surface area (Å²) in [7, 11) is 0. The number of carbonyl (C=O) groups excluding carboxylic acids is 1. The maximum absolute atomic E-state index is 14.4. The lowest BCUT2D eigenvalue weighted by Crippen LogP contribution is -2.37. The quantitative estimate of drug-likeness (QED) is 0.732. The van der Waals surface area contributed by atoms with Gasteiger partial charge in [-0.15, -0.1) is 0 Å². The van der Waals surface area contributed by atoms with E-state index >= 15 is 0 Å². The fraction of sp³-hybridized carbons (Fsp3) is 0.368. The summed E-state index contributed by atoms with van der Waals surface area (Å²) in [6.45, 7) is 1.39. The van der Waals surface area contributed by atoms with E-state index in [-0.39, 0.29) is 24.3 Å². The van der Waals surface area contributed by atoms with E-state index in [1.807, 2.05) is 0 Å². The Balaban J connectivity index is 1.61. The van der Waals surface area contributed by atoms with E-state index in [1.54, 1.807) is 17.2 Å². The number of pyridine rings is 1. The van der Waals surface area contributed by atoms with E-state index in [9.17, 15) is 13.6 Å². The maximum atomic E-state index is 14.4. The Morgan fingerprint density at radius 3 is 2.96 bits per heavy atom. The molecule has 2 aromatic rings. The highest BCUT2D eigenvalue weighted by Gasteiger charge is 2.28. The number of ether oxygens (including phenoxy) is 2. The van der Waals surface area contributed by atoms with Gasteiger partial charge in [0.25, 0.3) is 5.91 Å². The van der Waals surface area contributed by atoms with Gasteiger partial charge in [-0.25, -0.2) is 8.78 Å². The summed E-state index contributed by atoms with van der Waals surface area (Å²) in [5.74, 6) is -1.71. The smallest absolute Gasteiger partial charge is 0.256 e. The van der Waals surface area contributed by atoms with Gasteiger partial charge in [-0.2, -0.15) is 0 Å². The molecule has 5 nitrogen and oxygen atoms in total. The van der Waals surface area contributed by atoms with Gasteiger partial charge in [0.1, 0.15) is 11.9 Å². The minimum absolute atomic E-state index is 0.0159. The molecule has 1 aromatic heterocycles. The maximum Gasteiger partial charge on any atom is 0.256 e. The second-order valence-electron chi connectivity index (χ2n) is 6.60. The number of rotatable bonds is 4. The predicted octanol–water partition coefficient (Wildman–Crippen LogP) is 3.49. The molecule has 0 N–H and O–H groups in total. The van der Waals surface area contributed by atoms with Crippen molar-refractivity contribution < 1.29 is 23.0 Å². The van der Waals surface area contributed by atoms with E-state index in [4.69, 9.17) is 9.47 Å². The summed E-state index contributed by atoms with van der Waals surface area (Å²) in [5, 5.41) is 0. The first-order chi connectivity index (χ1) is 13.0. The summed E-state index contributed by atoms with van der Waals surface area (Å²) in [6.07, 6.45) is 2.60. The summed E-state index contributed by atoms with van der Waals surface area (Å²) in [4.78, 5) is 18.6. The number of fused-ring (bicyclic) bond motifs is 1. The van der Waals surface area contributed by atoms with Gasteiger partial charge in [0.2, 0.25) is 0 Å². The largest absolute Gasteiger partial charge is 0.484 e. The zero-order valence-corrected chi connectivity index (χ0v) is 16.0. The molecule has 0 spiro atoms. The van der Waals surface area contributed by atoms with Crippen LogP contribution in [0.4, 0.5) is 8.78 Å². The molecule has 0 radical (unpaired) electrons. The zero-order valence-electron chi connectivity index (χ0n) is 14.4. The van der Waals surface area contributed by atoms with E-state index < -0.39 is 11.6 Å². The number of amides is 1. The molecule has 0 aliphatic carbocycles. The second kappa shape index (κ2) is 7.52. The van der Waals surface area contributed by atoms with Gasteiger partial charge >= 0.3 is 0 Å². The highest BCUT2D eigenvalue weighted by atomic mass is 79.9. The van der Waals surface area contributed by atoms with Crippen molar-refractivity contribution in [3.05, 3.63) is 57.3 Å². The SMILES string of the molecule is O=C1c2cc(Br)cnc2CCN1Cc1cc(F)cc(F)c1OC1CCOC1. The van der Waals surface area contributed by atoms with Gasteiger partial charge < -0.3 is 14.4 Å². The molecule has 142 valence electrons. The first kappa shape index (κ1) is 18.3. The average Bonchev–Trinajstić information content (AvgIpc) is 3.14. The minimum atomic E-state index is -0.772. The average molecular weight is 439 g/mol. The van der Waals surface area contributed by atoms with Crippen LogP contribution < -0.4 is 4.74 Å². The molecule has 1 saturated heterocycles. The van der Waals surface area contributed by atoms with Crippen molar-refractivity contribution in [2.45, 2.75) is 25.5 Å². The summed E-state index contributed by atoms with van der Waals surface area (Å²) < 4.78 is 39.9. The van der Waals surface area contributed by atoms with Crippen LogP contribution >= 0.6 is 15.9 Å². The number of aromatic nitrogens is 1. The number of nitrogens with zero attached hydrogens (tertiary/aromatic N) is 2. The molecule has 1 unspecified atom stereocenters. The second-order valence-corrected chi connectivity index (χ2v) is 7.52. The Bertz CT molecular complexity index is 887. The Kier molecular flexibility index (Phi) is 5.10. The molecule has 1 aromatic carbocycles. The summed E-state index contributed by atoms with van der Waals surface area (Å²) >= 11 is 3.32. The third-order valence-corrected chi connectivity index (χ3v) is 5.13. The van der Waals surface area contributed by atoms with Crippen molar-refractivity contribution in [3.8, 4) is 5.75 Å². The molecule has 2 aliphatic rings. The van der Waals surface area contributed by atoms with Crippen molar-refractivity contribution in [1.29, 1.82) is 0 Å². The zero-order chi connectivity index (χ0) is 19.0. The van der Waals surface area contributed by atoms with Crippen LogP contribution in [0, 0.1) is 11.6 Å². The molecule has 1 fully saturated rings. The van der Waals surface area contributed by atoms with Crippen LogP contribution in [0.15, 0.2) is 28.9 Å². The first-order valence-electron chi connectivity index (χ1n) is 8.67. The first-order valence-corrected chi connectivity index (χ1v) is 9.46. The van der Waals surface area contributed by atoms with Crippen LogP contribution in [0.2, 0.25) is 0 Å². The molecule has 1 atom stereocenters. The van der Waals surface area contributed by atoms with E-state index in [0.717, 1.165) is 11.8 Å². The highest BCUT2D eigenvalue weighted by molar-refractivity contribution is 9.10. The Morgan fingerprint density at radius 1 is 1.33 bits per heavy atom. The van der Waals surface area contributed by atoms with E-state index in [2.05, 4.69) is 20.9 Å². The topological polar surface area (TPSA) is 51.7 Å². The van der Waals surface area contributed by atoms with Crippen LogP contribution in [-0.4, -0.2) is 41.7 Å². The summed E-state index contributed by atoms with van der Waals surface area (Å²) in [5.41, 5.74) is 1.53. The standard InChI is InChI=1S/C19H17BrF2N2O3/c20-12-6-15-17(23-8-12)1-3-24(19(15)25)9-11-5-13(21)7-16(22)18(11)27-14-2-4-26-10-14/h5-8,14H,1-4,9-10H2. The molecule has 4 rings (SSSR count). The molecule has 27 heavy (non-hydrogen) atoms. The van der Waals surface area contributed by atoms with Gasteiger partial charge in [0.15, 0.2) is 11.6 Å². The Hall–Kier alpha value is -2.06. The third kappa shape index (κ3) is 3.82. The van der Waals surface area contributed by atoms with Crippen LogP contribution in [0.25, 0.3) is 0 Å². The molecule has 8 heteroatoms. The lowest BCUT2D eigenvalue weighted by molar-refractivity contribution is 0.0720. The van der Waals surface area contributed by atoms with Crippen LogP contribution in [0.3, 0.4) is 0 Å². The molecule has 2 aliphatic heterocycles. The predicted molar refractivity (Wildman–Crippen MR) is 96.6 cm³/mol. The van der Waals surface area contributed by atoms with Crippen molar-refractivity contribution in [2.24, 2.45) is 0 Å². The summed E-state index contributed by atoms with van der Waals surface area (Å²) in [6, 6.07) is 3.73. The molecule has 0 bridgehead atoms. The molecular weight excluding hydrogens is 422 g/mol. The van der Waals surface area contributed by atoms with Crippen LogP contribution in [-0.2, 0) is 17.7 Å². The third-order valence-electron chi connectivity index (χ3n) is 4.69. The Labute approximate surface area is 163 Å². The van der Waals surface area contributed by atoms with Crippen molar-refractivity contribution in [2.75, 3.05) is 19.8 Å². The normalized spacial score (nSPS) is 19.3. The fourth-order valence-electron chi connectivity index (χ4n) is 3.36. The van der Waals surface area contributed by atoms with E-state index in [0.29, 0.717) is 48.2 Å². The lowest BCUT2D eigenvalue weighted by atomic mass is 10.0. The molecule has 1 amide bonds. The Morgan fingerprint density at radius 2 is 2.19 bits per heavy atom. The molecule has 0 saturated carbocycles. The van der Waals surface area contributed by atoms with Gasteiger partial charge in [0.05, 0.1) is 24.5 Å². The van der Waals surface area contributed by atoms with Crippen molar-refractivity contribution >= 4 is 21.8 Å². The minimum Gasteiger partial charge on any atom is -0.484 e. The van der Waals surface area contributed by atoms with Crippen molar-refractivity contribution in [1.82, 2.24) is 9.88 Å². The highest BCUT2D eigenvalue weighted by Crippen LogP contribution is 2.30. The van der Waals surface area contributed by atoms with Gasteiger partial charge in [0, 0.05) is 48.2 Å². The number of hydrogen-bond acceptors (Lipinski definition) is 4. The van der Waals surface area contributed by atoms with Gasteiger partial charge in [-0.3, -0.25) is 9.78 Å². The fourth-order valence-corrected chi connectivity index (χ4v) is 3.69. The monoisotopic (exact) mass is 438 g/mol. The molecular formula is C19H17BrF2N2O3.